The molecule has 0 bridgehead atoms. The van der Waals surface area contributed by atoms with Gasteiger partial charge in [-0.15, -0.1) is 11.8 Å². The molecule has 1 aromatic carbocycles. The van der Waals surface area contributed by atoms with Crippen LogP contribution in [0.4, 0.5) is 16.2 Å². The Labute approximate surface area is 124 Å². The number of benzene rings is 1. The number of ether oxygens (including phenoxy) is 1. The van der Waals surface area contributed by atoms with E-state index in [1.54, 1.807) is 12.1 Å². The van der Waals surface area contributed by atoms with Crippen molar-refractivity contribution in [1.29, 1.82) is 0 Å². The minimum Gasteiger partial charge on any atom is -0.481 e. The first-order valence-corrected chi connectivity index (χ1v) is 7.28. The van der Waals surface area contributed by atoms with Crippen molar-refractivity contribution in [2.75, 3.05) is 22.5 Å². The van der Waals surface area contributed by atoms with Gasteiger partial charge < -0.3 is 15.2 Å². The van der Waals surface area contributed by atoms with Gasteiger partial charge in [0.25, 0.3) is 0 Å². The number of hydrogen-bond acceptors (Lipinski definition) is 5. The van der Waals surface area contributed by atoms with Crippen LogP contribution in [0.5, 0.6) is 0 Å². The van der Waals surface area contributed by atoms with Gasteiger partial charge in [-0.25, -0.2) is 4.79 Å². The fraction of sp³-hybridized carbons (Fsp3) is 0.308. The number of nitrogens with one attached hydrogen (secondary N) is 1. The number of carboxylic acid groups (broad SMARTS) is 1. The van der Waals surface area contributed by atoms with Gasteiger partial charge in [-0.05, 0) is 18.2 Å². The second-order valence-electron chi connectivity index (χ2n) is 4.73. The summed E-state index contributed by atoms with van der Waals surface area (Å²) in [4.78, 5) is 36.2. The Morgan fingerprint density at radius 1 is 1.48 bits per heavy atom. The Balaban J connectivity index is 1.81. The molecule has 8 heteroatoms. The predicted molar refractivity (Wildman–Crippen MR) is 75.7 cm³/mol. The first-order valence-electron chi connectivity index (χ1n) is 6.29. The van der Waals surface area contributed by atoms with E-state index in [1.807, 2.05) is 6.07 Å². The molecule has 1 unspecified atom stereocenters. The van der Waals surface area contributed by atoms with Gasteiger partial charge >= 0.3 is 12.1 Å². The zero-order chi connectivity index (χ0) is 15.0. The highest BCUT2D eigenvalue weighted by molar-refractivity contribution is 8.00. The molecule has 1 saturated heterocycles. The van der Waals surface area contributed by atoms with Gasteiger partial charge in [-0.1, -0.05) is 0 Å². The van der Waals surface area contributed by atoms with E-state index in [9.17, 15) is 14.4 Å². The van der Waals surface area contributed by atoms with Gasteiger partial charge in [-0.2, -0.15) is 0 Å². The van der Waals surface area contributed by atoms with Crippen LogP contribution in [-0.2, 0) is 14.3 Å². The molecule has 0 aromatic heterocycles. The average molecular weight is 308 g/mol. The normalized spacial score (nSPS) is 20.8. The molecule has 2 aliphatic rings. The molecule has 110 valence electrons. The third kappa shape index (κ3) is 2.80. The quantitative estimate of drug-likeness (QED) is 0.879. The highest BCUT2D eigenvalue weighted by atomic mass is 32.2. The SMILES string of the molecule is O=C(O)CC1CN(c2ccc3c(c2)NC(=O)CS3)C(=O)O1. The number of cyclic esters (lactones) is 1. The number of rotatable bonds is 3. The van der Waals surface area contributed by atoms with Crippen molar-refractivity contribution in [2.24, 2.45) is 0 Å². The first kappa shape index (κ1) is 13.7. The molecule has 0 radical (unpaired) electrons. The molecule has 2 heterocycles. The molecule has 7 nitrogen and oxygen atoms in total. The minimum atomic E-state index is -1.01. The van der Waals surface area contributed by atoms with Gasteiger partial charge in [0.05, 0.1) is 24.4 Å². The van der Waals surface area contributed by atoms with Crippen molar-refractivity contribution in [1.82, 2.24) is 0 Å². The van der Waals surface area contributed by atoms with E-state index < -0.39 is 18.2 Å². The van der Waals surface area contributed by atoms with Crippen LogP contribution in [-0.4, -0.2) is 41.5 Å². The fourth-order valence-corrected chi connectivity index (χ4v) is 3.06. The maximum atomic E-state index is 11.8. The predicted octanol–water partition coefficient (Wildman–Crippen LogP) is 1.53. The molecule has 1 atom stereocenters. The van der Waals surface area contributed by atoms with E-state index in [-0.39, 0.29) is 18.9 Å². The lowest BCUT2D eigenvalue weighted by Gasteiger charge is -2.19. The Morgan fingerprint density at radius 3 is 3.05 bits per heavy atom. The maximum absolute atomic E-state index is 11.8. The molecule has 0 aliphatic carbocycles. The third-order valence-corrected chi connectivity index (χ3v) is 4.26. The maximum Gasteiger partial charge on any atom is 0.414 e. The first-order chi connectivity index (χ1) is 10.0. The van der Waals surface area contributed by atoms with Crippen LogP contribution in [0, 0.1) is 0 Å². The van der Waals surface area contributed by atoms with Crippen LogP contribution in [0.15, 0.2) is 23.1 Å². The number of amides is 2. The Bertz CT molecular complexity index is 633. The zero-order valence-corrected chi connectivity index (χ0v) is 11.7. The lowest BCUT2D eigenvalue weighted by atomic mass is 10.2. The molecule has 0 saturated carbocycles. The summed E-state index contributed by atoms with van der Waals surface area (Å²) >= 11 is 1.43. The highest BCUT2D eigenvalue weighted by Gasteiger charge is 2.34. The number of nitrogens with zero attached hydrogens (tertiary/aromatic N) is 1. The van der Waals surface area contributed by atoms with Crippen LogP contribution in [0.3, 0.4) is 0 Å². The molecular formula is C13H12N2O5S. The average Bonchev–Trinajstić information content (AvgIpc) is 2.77. The number of carboxylic acids is 1. The van der Waals surface area contributed by atoms with Crippen LogP contribution in [0.2, 0.25) is 0 Å². The van der Waals surface area contributed by atoms with E-state index >= 15 is 0 Å². The molecular weight excluding hydrogens is 296 g/mol. The Kier molecular flexibility index (Phi) is 3.46. The van der Waals surface area contributed by atoms with Gasteiger partial charge in [-0.3, -0.25) is 14.5 Å². The summed E-state index contributed by atoms with van der Waals surface area (Å²) in [6.45, 7) is 0.186. The molecule has 1 fully saturated rings. The van der Waals surface area contributed by atoms with Crippen LogP contribution in [0.25, 0.3) is 0 Å². The van der Waals surface area contributed by atoms with Crippen LogP contribution < -0.4 is 10.2 Å². The number of thioether (sulfide) groups is 1. The van der Waals surface area contributed by atoms with E-state index in [0.29, 0.717) is 17.1 Å². The summed E-state index contributed by atoms with van der Waals surface area (Å²) in [6.07, 6.45) is -1.45. The Morgan fingerprint density at radius 2 is 2.29 bits per heavy atom. The number of fused-ring (bicyclic) bond motifs is 1. The van der Waals surface area contributed by atoms with Gasteiger partial charge in [0, 0.05) is 10.6 Å². The molecule has 21 heavy (non-hydrogen) atoms. The number of anilines is 2. The smallest absolute Gasteiger partial charge is 0.414 e. The van der Waals surface area contributed by atoms with Crippen molar-refractivity contribution in [3.63, 3.8) is 0 Å². The lowest BCUT2D eigenvalue weighted by molar-refractivity contribution is -0.138. The van der Waals surface area contributed by atoms with Crippen LogP contribution >= 0.6 is 11.8 Å². The summed E-state index contributed by atoms with van der Waals surface area (Å²) in [6, 6.07) is 5.28. The molecule has 2 amide bonds. The largest absolute Gasteiger partial charge is 0.481 e. The monoisotopic (exact) mass is 308 g/mol. The summed E-state index contributed by atoms with van der Waals surface area (Å²) in [5.41, 5.74) is 1.23. The number of carbonyl (C=O) groups excluding carboxylic acids is 2. The molecule has 2 N–H and O–H groups in total. The minimum absolute atomic E-state index is 0.0857. The van der Waals surface area contributed by atoms with E-state index in [0.717, 1.165) is 4.90 Å². The standard InChI is InChI=1S/C13H12N2O5S/c16-11-6-21-10-2-1-7(3-9(10)14-11)15-5-8(4-12(17)18)20-13(15)19/h1-3,8H,4-6H2,(H,14,16)(H,17,18). The number of hydrogen-bond donors (Lipinski definition) is 2. The zero-order valence-electron chi connectivity index (χ0n) is 10.9. The summed E-state index contributed by atoms with van der Waals surface area (Å²) in [5.74, 6) is -0.722. The van der Waals surface area contributed by atoms with Gasteiger partial charge in [0.15, 0.2) is 0 Å². The van der Waals surface area contributed by atoms with Gasteiger partial charge in [0.1, 0.15) is 6.10 Å². The van der Waals surface area contributed by atoms with Crippen molar-refractivity contribution in [3.8, 4) is 0 Å². The highest BCUT2D eigenvalue weighted by Crippen LogP contribution is 2.35. The van der Waals surface area contributed by atoms with Crippen molar-refractivity contribution < 1.29 is 24.2 Å². The molecule has 1 aromatic rings. The molecule has 0 spiro atoms. The van der Waals surface area contributed by atoms with E-state index in [4.69, 9.17) is 9.84 Å². The summed E-state index contributed by atoms with van der Waals surface area (Å²) in [7, 11) is 0. The number of carbonyl (C=O) groups is 3. The third-order valence-electron chi connectivity index (χ3n) is 3.18. The second-order valence-corrected chi connectivity index (χ2v) is 5.75. The summed E-state index contributed by atoms with van der Waals surface area (Å²) < 4.78 is 5.02. The summed E-state index contributed by atoms with van der Waals surface area (Å²) in [5, 5.41) is 11.5. The van der Waals surface area contributed by atoms with Crippen LogP contribution in [0.1, 0.15) is 6.42 Å². The Hall–Kier alpha value is -2.22. The number of aliphatic carboxylic acids is 1. The fourth-order valence-electron chi connectivity index (χ4n) is 2.27. The van der Waals surface area contributed by atoms with E-state index in [1.165, 1.54) is 16.7 Å². The van der Waals surface area contributed by atoms with Gasteiger partial charge in [0.2, 0.25) is 5.91 Å². The van der Waals surface area contributed by atoms with Crippen molar-refractivity contribution in [3.05, 3.63) is 18.2 Å². The van der Waals surface area contributed by atoms with E-state index in [2.05, 4.69) is 5.32 Å². The lowest BCUT2D eigenvalue weighted by Crippen LogP contribution is -2.26. The molecule has 2 aliphatic heterocycles. The second kappa shape index (κ2) is 5.28. The molecule has 3 rings (SSSR count). The topological polar surface area (TPSA) is 95.9 Å². The van der Waals surface area contributed by atoms with Crippen molar-refractivity contribution in [2.45, 2.75) is 17.4 Å². The van der Waals surface area contributed by atoms with Crippen molar-refractivity contribution >= 4 is 41.1 Å².